The summed E-state index contributed by atoms with van der Waals surface area (Å²) in [5.41, 5.74) is 0. The minimum atomic E-state index is -1.59. The predicted molar refractivity (Wildman–Crippen MR) is 81.4 cm³/mol. The van der Waals surface area contributed by atoms with Crippen LogP contribution in [0.3, 0.4) is 0 Å². The van der Waals surface area contributed by atoms with Crippen LogP contribution in [0.4, 0.5) is 0 Å². The van der Waals surface area contributed by atoms with Gasteiger partial charge in [0, 0.05) is 0 Å². The fraction of sp³-hybridized carbons (Fsp3) is 0.500. The van der Waals surface area contributed by atoms with Crippen molar-refractivity contribution in [1.29, 1.82) is 0 Å². The number of allylic oxidation sites excluding steroid dienone is 8. The minimum absolute atomic E-state index is 0. The number of rotatable bonds is 5. The molecule has 2 aliphatic carbocycles. The Morgan fingerprint density at radius 2 is 1.05 bits per heavy atom. The summed E-state index contributed by atoms with van der Waals surface area (Å²) in [6.07, 6.45) is 19.2. The van der Waals surface area contributed by atoms with Crippen molar-refractivity contribution >= 4 is 5.92 Å². The molecule has 20 heavy (non-hydrogen) atoms. The third-order valence-electron chi connectivity index (χ3n) is 4.55. The van der Waals surface area contributed by atoms with Gasteiger partial charge in [-0.3, -0.25) is 0 Å². The van der Waals surface area contributed by atoms with Crippen molar-refractivity contribution in [2.75, 3.05) is 0 Å². The van der Waals surface area contributed by atoms with Crippen LogP contribution in [0.5, 0.6) is 0 Å². The monoisotopic (exact) mass is 405 g/mol. The maximum atomic E-state index is 2.51. The Hall–Kier alpha value is 0.640. The van der Waals surface area contributed by atoms with Crippen molar-refractivity contribution in [3.05, 3.63) is 48.6 Å². The molecule has 2 rings (SSSR count). The molecule has 0 aromatic rings. The molecule has 0 heterocycles. The van der Waals surface area contributed by atoms with E-state index in [0.717, 1.165) is 0 Å². The van der Waals surface area contributed by atoms with Crippen LogP contribution in [0.1, 0.15) is 27.7 Å². The Morgan fingerprint density at radius 1 is 0.750 bits per heavy atom. The van der Waals surface area contributed by atoms with Crippen LogP contribution in [-0.2, 0) is 20.9 Å². The Labute approximate surface area is 145 Å². The zero-order valence-electron chi connectivity index (χ0n) is 12.9. The van der Waals surface area contributed by atoms with Gasteiger partial charge in [0.2, 0.25) is 0 Å². The molecule has 0 unspecified atom stereocenters. The third kappa shape index (κ3) is 3.88. The molecule has 0 spiro atoms. The van der Waals surface area contributed by atoms with Crippen molar-refractivity contribution < 1.29 is 45.7 Å². The normalized spacial score (nSPS) is 20.1. The average molecular weight is 408 g/mol. The Morgan fingerprint density at radius 3 is 1.30 bits per heavy atom. The van der Waals surface area contributed by atoms with Gasteiger partial charge >= 0.3 is 121 Å². The SMILES string of the molecule is CC[SiH](CC)[Zr+2]([C]1(C)C=CC=C1)[C]1(C)C=CC=C1.[Cl-].[Cl-]. The van der Waals surface area contributed by atoms with Crippen molar-refractivity contribution in [3.8, 4) is 0 Å². The van der Waals surface area contributed by atoms with E-state index < -0.39 is 26.8 Å². The molecule has 111 valence electrons. The van der Waals surface area contributed by atoms with E-state index in [9.17, 15) is 0 Å². The average Bonchev–Trinajstić information content (AvgIpc) is 2.96. The molecular formula is C16H25Cl2SiZr. The predicted octanol–water partition coefficient (Wildman–Crippen LogP) is -1.01. The van der Waals surface area contributed by atoms with Crippen LogP contribution in [0.25, 0.3) is 0 Å². The third-order valence-corrected chi connectivity index (χ3v) is 34.1. The van der Waals surface area contributed by atoms with Gasteiger partial charge in [-0.25, -0.2) is 0 Å². The van der Waals surface area contributed by atoms with Crippen LogP contribution < -0.4 is 24.8 Å². The van der Waals surface area contributed by atoms with Crippen molar-refractivity contribution in [2.45, 2.75) is 46.0 Å². The molecule has 0 atom stereocenters. The fourth-order valence-electron chi connectivity index (χ4n) is 3.65. The first-order valence-corrected chi connectivity index (χ1v) is 16.1. The first kappa shape index (κ1) is 20.6. The molecule has 2 aliphatic rings. The molecule has 0 fully saturated rings. The molecule has 0 radical (unpaired) electrons. The van der Waals surface area contributed by atoms with Gasteiger partial charge in [-0.05, 0) is 0 Å². The first-order chi connectivity index (χ1) is 8.56. The van der Waals surface area contributed by atoms with E-state index in [2.05, 4.69) is 76.3 Å². The van der Waals surface area contributed by atoms with Crippen LogP contribution >= 0.6 is 0 Å². The summed E-state index contributed by atoms with van der Waals surface area (Å²) in [4.78, 5) is 0. The van der Waals surface area contributed by atoms with Gasteiger partial charge < -0.3 is 24.8 Å². The maximum absolute atomic E-state index is 2.51. The molecule has 0 nitrogen and oxygen atoms in total. The van der Waals surface area contributed by atoms with Gasteiger partial charge in [0.15, 0.2) is 0 Å². The fourth-order valence-corrected chi connectivity index (χ4v) is 33.6. The van der Waals surface area contributed by atoms with Crippen LogP contribution in [-0.4, -0.2) is 5.92 Å². The number of hydrogen-bond acceptors (Lipinski definition) is 0. The van der Waals surface area contributed by atoms with Gasteiger partial charge in [0.25, 0.3) is 0 Å². The van der Waals surface area contributed by atoms with E-state index in [1.165, 1.54) is 12.1 Å². The summed E-state index contributed by atoms with van der Waals surface area (Å²) in [6, 6.07) is 2.97. The summed E-state index contributed by atoms with van der Waals surface area (Å²) in [6.45, 7) is 9.91. The van der Waals surface area contributed by atoms with E-state index >= 15 is 0 Å². The van der Waals surface area contributed by atoms with Crippen molar-refractivity contribution in [3.63, 3.8) is 0 Å². The Bertz CT molecular complexity index is 364. The first-order valence-electron chi connectivity index (χ1n) is 7.17. The molecular weight excluding hydrogens is 382 g/mol. The van der Waals surface area contributed by atoms with E-state index in [4.69, 9.17) is 0 Å². The van der Waals surface area contributed by atoms with Gasteiger partial charge in [-0.1, -0.05) is 0 Å². The molecule has 0 bridgehead atoms. The van der Waals surface area contributed by atoms with E-state index in [-0.39, 0.29) is 24.8 Å². The van der Waals surface area contributed by atoms with Gasteiger partial charge in [0.05, 0.1) is 0 Å². The van der Waals surface area contributed by atoms with E-state index in [0.29, 0.717) is 6.25 Å². The van der Waals surface area contributed by atoms with Crippen molar-refractivity contribution in [1.82, 2.24) is 0 Å². The quantitative estimate of drug-likeness (QED) is 0.512. The summed E-state index contributed by atoms with van der Waals surface area (Å²) >= 11 is -1.59. The van der Waals surface area contributed by atoms with Gasteiger partial charge in [0.1, 0.15) is 0 Å². The zero-order valence-corrected chi connectivity index (χ0v) is 18.0. The summed E-state index contributed by atoms with van der Waals surface area (Å²) in [7, 11) is 0. The molecule has 0 saturated carbocycles. The Kier molecular flexibility index (Phi) is 8.59. The second-order valence-electron chi connectivity index (χ2n) is 5.93. The summed E-state index contributed by atoms with van der Waals surface area (Å²) < 4.78 is 0.915. The topological polar surface area (TPSA) is 0 Å². The second-order valence-corrected chi connectivity index (χ2v) is 25.7. The molecule has 0 N–H and O–H groups in total. The summed E-state index contributed by atoms with van der Waals surface area (Å²) in [5, 5.41) is 0. The zero-order chi connectivity index (χ0) is 13.2. The molecule has 0 aromatic carbocycles. The molecule has 0 amide bonds. The maximum Gasteiger partial charge on any atom is -1.00 e. The molecule has 4 heteroatoms. The van der Waals surface area contributed by atoms with Gasteiger partial charge in [-0.15, -0.1) is 0 Å². The summed E-state index contributed by atoms with van der Waals surface area (Å²) in [5.74, 6) is -0.556. The smallest absolute Gasteiger partial charge is 1.00 e. The molecule has 0 saturated heterocycles. The second kappa shape index (κ2) is 8.32. The van der Waals surface area contributed by atoms with Crippen LogP contribution in [0.15, 0.2) is 48.6 Å². The minimum Gasteiger partial charge on any atom is -1.00 e. The number of hydrogen-bond donors (Lipinski definition) is 0. The van der Waals surface area contributed by atoms with E-state index in [1.807, 2.05) is 0 Å². The largest absolute Gasteiger partial charge is 1.00 e. The molecule has 0 aliphatic heterocycles. The van der Waals surface area contributed by atoms with Crippen LogP contribution in [0, 0.1) is 0 Å². The van der Waals surface area contributed by atoms with Gasteiger partial charge in [-0.2, -0.15) is 0 Å². The van der Waals surface area contributed by atoms with E-state index in [1.54, 1.807) is 0 Å². The molecule has 0 aromatic heterocycles. The standard InChI is InChI=1S/2C6H7.C4H11Si.2ClH.Zr/c2*1-6-4-2-3-5-6;1-3-5-4-2;;;/h2*2-5H,1H3;5H,3-4H2,1-2H3;2*1H;/q;;;;;+2/p-2. The Balaban J connectivity index is 0.00000180. The van der Waals surface area contributed by atoms with Crippen molar-refractivity contribution in [2.24, 2.45) is 0 Å². The van der Waals surface area contributed by atoms with Crippen LogP contribution in [0.2, 0.25) is 18.3 Å². The number of halogens is 2.